The minimum absolute atomic E-state index is 0.131. The highest BCUT2D eigenvalue weighted by molar-refractivity contribution is 6.21. The molecule has 1 saturated carbocycles. The average molecular weight is 655 g/mol. The van der Waals surface area contributed by atoms with Crippen molar-refractivity contribution in [3.8, 4) is 33.4 Å². The number of hydrogen-bond donors (Lipinski definition) is 0. The van der Waals surface area contributed by atoms with E-state index < -0.39 is 0 Å². The molecule has 1 fully saturated rings. The normalized spacial score (nSPS) is 15.5. The lowest BCUT2D eigenvalue weighted by atomic mass is 9.78. The van der Waals surface area contributed by atoms with Crippen LogP contribution in [0.25, 0.3) is 87.6 Å². The Morgan fingerprint density at radius 2 is 1.06 bits per heavy atom. The SMILES string of the molecule is C/C=C1/CC1C(C)(C)c1ccc(-c2c3ccccc3c(-c3ccc4cc(-c5cccc6c5oc5ccccc56)ccc4c3)c3ccccc23)cc1. The molecular weight excluding hydrogens is 617 g/mol. The first kappa shape index (κ1) is 29.9. The van der Waals surface area contributed by atoms with Crippen LogP contribution in [-0.2, 0) is 5.41 Å². The van der Waals surface area contributed by atoms with Crippen molar-refractivity contribution in [3.63, 3.8) is 0 Å². The van der Waals surface area contributed by atoms with E-state index in [4.69, 9.17) is 4.42 Å². The molecule has 1 atom stereocenters. The fourth-order valence-electron chi connectivity index (χ4n) is 8.78. The molecule has 1 aromatic heterocycles. The summed E-state index contributed by atoms with van der Waals surface area (Å²) in [5.41, 5.74) is 12.4. The van der Waals surface area contributed by atoms with Gasteiger partial charge < -0.3 is 4.42 Å². The van der Waals surface area contributed by atoms with Crippen molar-refractivity contribution < 1.29 is 4.42 Å². The maximum Gasteiger partial charge on any atom is 0.143 e. The smallest absolute Gasteiger partial charge is 0.143 e. The second-order valence-corrected chi connectivity index (χ2v) is 14.8. The van der Waals surface area contributed by atoms with Crippen molar-refractivity contribution in [1.82, 2.24) is 0 Å². The first-order chi connectivity index (χ1) is 25.0. The topological polar surface area (TPSA) is 13.1 Å². The Morgan fingerprint density at radius 1 is 0.529 bits per heavy atom. The van der Waals surface area contributed by atoms with Crippen molar-refractivity contribution in [1.29, 1.82) is 0 Å². The number of furan rings is 1. The van der Waals surface area contributed by atoms with Gasteiger partial charge in [0.15, 0.2) is 0 Å². The zero-order valence-electron chi connectivity index (χ0n) is 29.2. The summed E-state index contributed by atoms with van der Waals surface area (Å²) < 4.78 is 6.39. The Morgan fingerprint density at radius 3 is 1.69 bits per heavy atom. The number of rotatable bonds is 5. The third-order valence-electron chi connectivity index (χ3n) is 11.7. The van der Waals surface area contributed by atoms with Gasteiger partial charge in [0.1, 0.15) is 11.2 Å². The summed E-state index contributed by atoms with van der Waals surface area (Å²) in [4.78, 5) is 0. The molecule has 1 nitrogen and oxygen atoms in total. The van der Waals surface area contributed by atoms with Gasteiger partial charge in [-0.1, -0.05) is 159 Å². The van der Waals surface area contributed by atoms with Crippen molar-refractivity contribution in [2.45, 2.75) is 32.6 Å². The monoisotopic (exact) mass is 654 g/mol. The number of hydrogen-bond acceptors (Lipinski definition) is 1. The molecule has 0 aliphatic heterocycles. The molecule has 0 amide bonds. The van der Waals surface area contributed by atoms with Gasteiger partial charge in [0.2, 0.25) is 0 Å². The van der Waals surface area contributed by atoms with E-state index >= 15 is 0 Å². The predicted molar refractivity (Wildman–Crippen MR) is 217 cm³/mol. The molecule has 0 N–H and O–H groups in total. The summed E-state index contributed by atoms with van der Waals surface area (Å²) >= 11 is 0. The molecule has 244 valence electrons. The zero-order chi connectivity index (χ0) is 34.3. The lowest BCUT2D eigenvalue weighted by Gasteiger charge is -2.25. The molecule has 1 heterocycles. The van der Waals surface area contributed by atoms with Gasteiger partial charge in [0.05, 0.1) is 0 Å². The van der Waals surface area contributed by atoms with E-state index in [1.54, 1.807) is 5.57 Å². The van der Waals surface area contributed by atoms with E-state index in [2.05, 4.69) is 166 Å². The second kappa shape index (κ2) is 11.3. The highest BCUT2D eigenvalue weighted by Crippen LogP contribution is 2.52. The van der Waals surface area contributed by atoms with E-state index in [0.717, 1.165) is 33.1 Å². The lowest BCUT2D eigenvalue weighted by Crippen LogP contribution is -2.19. The molecule has 0 radical (unpaired) electrons. The van der Waals surface area contributed by atoms with Gasteiger partial charge in [-0.25, -0.2) is 0 Å². The van der Waals surface area contributed by atoms with Gasteiger partial charge in [-0.05, 0) is 109 Å². The first-order valence-electron chi connectivity index (χ1n) is 18.1. The summed E-state index contributed by atoms with van der Waals surface area (Å²) in [7, 11) is 0. The van der Waals surface area contributed by atoms with Crippen LogP contribution in [0.1, 0.15) is 32.8 Å². The van der Waals surface area contributed by atoms with Crippen molar-refractivity contribution in [2.24, 2.45) is 5.92 Å². The highest BCUT2D eigenvalue weighted by Gasteiger charge is 2.43. The van der Waals surface area contributed by atoms with E-state index in [1.165, 1.54) is 66.6 Å². The molecule has 0 spiro atoms. The van der Waals surface area contributed by atoms with Crippen LogP contribution in [0.5, 0.6) is 0 Å². The van der Waals surface area contributed by atoms with Crippen LogP contribution in [0, 0.1) is 5.92 Å². The van der Waals surface area contributed by atoms with E-state index in [0.29, 0.717) is 5.92 Å². The molecule has 1 heteroatoms. The third-order valence-corrected chi connectivity index (χ3v) is 11.7. The van der Waals surface area contributed by atoms with Crippen LogP contribution in [0.3, 0.4) is 0 Å². The van der Waals surface area contributed by atoms with Crippen LogP contribution in [0.15, 0.2) is 168 Å². The largest absolute Gasteiger partial charge is 0.455 e. The van der Waals surface area contributed by atoms with Crippen molar-refractivity contribution >= 4 is 54.3 Å². The number of allylic oxidation sites excluding steroid dienone is 2. The summed E-state index contributed by atoms with van der Waals surface area (Å²) in [6.45, 7) is 6.97. The molecule has 0 bridgehead atoms. The fourth-order valence-corrected chi connectivity index (χ4v) is 8.78. The maximum atomic E-state index is 6.39. The maximum absolute atomic E-state index is 6.39. The summed E-state index contributed by atoms with van der Waals surface area (Å²) in [5.74, 6) is 0.647. The Bertz CT molecular complexity index is 2810. The third kappa shape index (κ3) is 4.68. The number of para-hydroxylation sites is 2. The van der Waals surface area contributed by atoms with Gasteiger partial charge in [0, 0.05) is 16.3 Å². The first-order valence-corrected chi connectivity index (χ1v) is 18.1. The Hall–Kier alpha value is -5.92. The number of benzene rings is 8. The molecule has 1 unspecified atom stereocenters. The molecule has 8 aromatic carbocycles. The van der Waals surface area contributed by atoms with Gasteiger partial charge in [-0.2, -0.15) is 0 Å². The van der Waals surface area contributed by atoms with Crippen molar-refractivity contribution in [3.05, 3.63) is 169 Å². The summed E-state index contributed by atoms with van der Waals surface area (Å²) in [6.07, 6.45) is 3.52. The van der Waals surface area contributed by atoms with E-state index in [-0.39, 0.29) is 5.41 Å². The van der Waals surface area contributed by atoms with Gasteiger partial charge >= 0.3 is 0 Å². The lowest BCUT2D eigenvalue weighted by molar-refractivity contribution is 0.468. The Kier molecular flexibility index (Phi) is 6.64. The molecule has 1 aliphatic rings. The average Bonchev–Trinajstić information content (AvgIpc) is 3.90. The standard InChI is InChI=1S/C50H38O/c1-4-31-30-45(31)50(2,3)37-26-24-32(25-27-37)47-40-13-5-7-15-42(40)48(43-16-8-6-14-41(43)47)36-23-21-33-28-35(22-20-34(33)29-36)38-17-11-18-44-39-12-9-10-19-46(39)51-49(38)44/h4-29,45H,30H2,1-3H3/b31-4-. The van der Waals surface area contributed by atoms with Crippen LogP contribution in [0.2, 0.25) is 0 Å². The molecule has 51 heavy (non-hydrogen) atoms. The molecule has 10 rings (SSSR count). The quantitative estimate of drug-likeness (QED) is 0.133. The number of fused-ring (bicyclic) bond motifs is 6. The zero-order valence-corrected chi connectivity index (χ0v) is 29.2. The fraction of sp³-hybridized carbons (Fsp3) is 0.120. The minimum atomic E-state index is 0.131. The van der Waals surface area contributed by atoms with Crippen LogP contribution in [0.4, 0.5) is 0 Å². The van der Waals surface area contributed by atoms with E-state index in [9.17, 15) is 0 Å². The second-order valence-electron chi connectivity index (χ2n) is 14.8. The summed E-state index contributed by atoms with van der Waals surface area (Å²) in [6, 6.07) is 55.8. The highest BCUT2D eigenvalue weighted by atomic mass is 16.3. The molecular formula is C50H38O. The van der Waals surface area contributed by atoms with Crippen molar-refractivity contribution in [2.75, 3.05) is 0 Å². The van der Waals surface area contributed by atoms with Gasteiger partial charge in [0.25, 0.3) is 0 Å². The molecule has 9 aromatic rings. The Balaban J connectivity index is 1.09. The minimum Gasteiger partial charge on any atom is -0.455 e. The van der Waals surface area contributed by atoms with Crippen LogP contribution >= 0.6 is 0 Å². The predicted octanol–water partition coefficient (Wildman–Crippen LogP) is 14.3. The van der Waals surface area contributed by atoms with E-state index in [1.807, 2.05) is 12.1 Å². The van der Waals surface area contributed by atoms with Crippen LogP contribution in [-0.4, -0.2) is 0 Å². The van der Waals surface area contributed by atoms with Gasteiger partial charge in [-0.3, -0.25) is 0 Å². The molecule has 0 saturated heterocycles. The van der Waals surface area contributed by atoms with Crippen LogP contribution < -0.4 is 0 Å². The van der Waals surface area contributed by atoms with Gasteiger partial charge in [-0.15, -0.1) is 0 Å². The Labute approximate surface area is 298 Å². The molecule has 1 aliphatic carbocycles. The summed E-state index contributed by atoms with van der Waals surface area (Å²) in [5, 5.41) is 9.87.